The molecule has 1 amide bonds. The summed E-state index contributed by atoms with van der Waals surface area (Å²) >= 11 is 0. The highest BCUT2D eigenvalue weighted by Crippen LogP contribution is 2.10. The fourth-order valence-electron chi connectivity index (χ4n) is 2.10. The number of ether oxygens (including phenoxy) is 1. The normalized spacial score (nSPS) is 17.8. The van der Waals surface area contributed by atoms with Crippen LogP contribution in [0.15, 0.2) is 0 Å². The average Bonchev–Trinajstić information content (AvgIpc) is 2.29. The molecule has 0 spiro atoms. The van der Waals surface area contributed by atoms with Crippen LogP contribution in [0, 0.1) is 0 Å². The summed E-state index contributed by atoms with van der Waals surface area (Å²) in [6, 6.07) is 0.574. The zero-order valence-corrected chi connectivity index (χ0v) is 11.4. The van der Waals surface area contributed by atoms with Crippen molar-refractivity contribution in [2.75, 3.05) is 26.2 Å². The number of carbonyl (C=O) groups is 1. The Labute approximate surface area is 105 Å². The molecule has 4 nitrogen and oxygen atoms in total. The maximum absolute atomic E-state index is 11.2. The SMILES string of the molecule is CC(=O)N1CCC(NCCCOC(C)C)CC1. The van der Waals surface area contributed by atoms with Gasteiger partial charge in [-0.15, -0.1) is 0 Å². The Bertz CT molecular complexity index is 223. The molecule has 100 valence electrons. The number of hydrogen-bond acceptors (Lipinski definition) is 3. The quantitative estimate of drug-likeness (QED) is 0.716. The minimum Gasteiger partial charge on any atom is -0.379 e. The van der Waals surface area contributed by atoms with E-state index in [2.05, 4.69) is 19.2 Å². The van der Waals surface area contributed by atoms with Crippen molar-refractivity contribution in [1.82, 2.24) is 10.2 Å². The van der Waals surface area contributed by atoms with Crippen molar-refractivity contribution in [1.29, 1.82) is 0 Å². The van der Waals surface area contributed by atoms with Gasteiger partial charge in [-0.3, -0.25) is 4.79 Å². The number of hydrogen-bond donors (Lipinski definition) is 1. The van der Waals surface area contributed by atoms with Gasteiger partial charge in [-0.1, -0.05) is 0 Å². The van der Waals surface area contributed by atoms with E-state index in [0.717, 1.165) is 45.5 Å². The van der Waals surface area contributed by atoms with Crippen LogP contribution in [-0.2, 0) is 9.53 Å². The van der Waals surface area contributed by atoms with E-state index in [0.29, 0.717) is 12.1 Å². The fraction of sp³-hybridized carbons (Fsp3) is 0.923. The predicted molar refractivity (Wildman–Crippen MR) is 69.0 cm³/mol. The smallest absolute Gasteiger partial charge is 0.219 e. The van der Waals surface area contributed by atoms with Gasteiger partial charge in [0.2, 0.25) is 5.91 Å². The molecule has 0 unspecified atom stereocenters. The predicted octanol–water partition coefficient (Wildman–Crippen LogP) is 1.40. The number of amides is 1. The van der Waals surface area contributed by atoms with Gasteiger partial charge >= 0.3 is 0 Å². The summed E-state index contributed by atoms with van der Waals surface area (Å²) in [7, 11) is 0. The van der Waals surface area contributed by atoms with E-state index in [4.69, 9.17) is 4.74 Å². The number of piperidine rings is 1. The van der Waals surface area contributed by atoms with E-state index in [9.17, 15) is 4.79 Å². The summed E-state index contributed by atoms with van der Waals surface area (Å²) in [4.78, 5) is 13.1. The van der Waals surface area contributed by atoms with Crippen LogP contribution < -0.4 is 5.32 Å². The van der Waals surface area contributed by atoms with Crippen molar-refractivity contribution >= 4 is 5.91 Å². The first-order chi connectivity index (χ1) is 8.09. The summed E-state index contributed by atoms with van der Waals surface area (Å²) in [5, 5.41) is 3.54. The first-order valence-corrected chi connectivity index (χ1v) is 6.70. The van der Waals surface area contributed by atoms with E-state index >= 15 is 0 Å². The number of rotatable bonds is 6. The molecule has 0 radical (unpaired) electrons. The van der Waals surface area contributed by atoms with Crippen LogP contribution in [0.5, 0.6) is 0 Å². The molecule has 0 aromatic rings. The van der Waals surface area contributed by atoms with Crippen LogP contribution in [0.2, 0.25) is 0 Å². The molecule has 1 fully saturated rings. The Morgan fingerprint density at radius 1 is 1.41 bits per heavy atom. The van der Waals surface area contributed by atoms with Gasteiger partial charge in [0.25, 0.3) is 0 Å². The highest BCUT2D eigenvalue weighted by molar-refractivity contribution is 5.73. The minimum absolute atomic E-state index is 0.203. The number of nitrogens with zero attached hydrogens (tertiary/aromatic N) is 1. The van der Waals surface area contributed by atoms with E-state index < -0.39 is 0 Å². The third-order valence-electron chi connectivity index (χ3n) is 3.15. The van der Waals surface area contributed by atoms with Gasteiger partial charge in [-0.2, -0.15) is 0 Å². The van der Waals surface area contributed by atoms with Crippen molar-refractivity contribution in [2.45, 2.75) is 52.2 Å². The maximum atomic E-state index is 11.2. The number of likely N-dealkylation sites (tertiary alicyclic amines) is 1. The molecule has 0 aromatic heterocycles. The topological polar surface area (TPSA) is 41.6 Å². The second-order valence-corrected chi connectivity index (χ2v) is 5.01. The summed E-state index contributed by atoms with van der Waals surface area (Å²) < 4.78 is 5.49. The van der Waals surface area contributed by atoms with E-state index in [1.165, 1.54) is 0 Å². The zero-order chi connectivity index (χ0) is 12.7. The van der Waals surface area contributed by atoms with E-state index in [1.807, 2.05) is 4.90 Å². The molecule has 1 heterocycles. The zero-order valence-electron chi connectivity index (χ0n) is 11.4. The summed E-state index contributed by atoms with van der Waals surface area (Å²) in [6.07, 6.45) is 3.54. The molecule has 1 N–H and O–H groups in total. The molecule has 4 heteroatoms. The highest BCUT2D eigenvalue weighted by Gasteiger charge is 2.19. The van der Waals surface area contributed by atoms with Crippen molar-refractivity contribution in [2.24, 2.45) is 0 Å². The Hall–Kier alpha value is -0.610. The highest BCUT2D eigenvalue weighted by atomic mass is 16.5. The Kier molecular flexibility index (Phi) is 6.52. The van der Waals surface area contributed by atoms with Gasteiger partial charge < -0.3 is 15.0 Å². The van der Waals surface area contributed by atoms with Gasteiger partial charge in [0.1, 0.15) is 0 Å². The Balaban J connectivity index is 2.01. The van der Waals surface area contributed by atoms with Crippen molar-refractivity contribution in [3.8, 4) is 0 Å². The number of carbonyl (C=O) groups excluding carboxylic acids is 1. The second-order valence-electron chi connectivity index (χ2n) is 5.01. The lowest BCUT2D eigenvalue weighted by Gasteiger charge is -2.31. The minimum atomic E-state index is 0.203. The first-order valence-electron chi connectivity index (χ1n) is 6.70. The van der Waals surface area contributed by atoms with Gasteiger partial charge in [-0.25, -0.2) is 0 Å². The van der Waals surface area contributed by atoms with Crippen molar-refractivity contribution in [3.05, 3.63) is 0 Å². The molecule has 1 aliphatic heterocycles. The average molecular weight is 242 g/mol. The van der Waals surface area contributed by atoms with Gasteiger partial charge in [0, 0.05) is 32.7 Å². The van der Waals surface area contributed by atoms with Gasteiger partial charge in [-0.05, 0) is 39.7 Å². The lowest BCUT2D eigenvalue weighted by atomic mass is 10.1. The molecule has 0 bridgehead atoms. The fourth-order valence-corrected chi connectivity index (χ4v) is 2.10. The molecule has 0 atom stereocenters. The van der Waals surface area contributed by atoms with E-state index in [1.54, 1.807) is 6.92 Å². The number of nitrogens with one attached hydrogen (secondary N) is 1. The summed E-state index contributed by atoms with van der Waals surface area (Å²) in [5.41, 5.74) is 0. The Morgan fingerprint density at radius 3 is 2.59 bits per heavy atom. The summed E-state index contributed by atoms with van der Waals surface area (Å²) in [5.74, 6) is 0.203. The molecule has 0 aromatic carbocycles. The van der Waals surface area contributed by atoms with Crippen LogP contribution in [-0.4, -0.2) is 49.2 Å². The van der Waals surface area contributed by atoms with Crippen LogP contribution in [0.1, 0.15) is 40.0 Å². The monoisotopic (exact) mass is 242 g/mol. The van der Waals surface area contributed by atoms with Gasteiger partial charge in [0.15, 0.2) is 0 Å². The van der Waals surface area contributed by atoms with Crippen LogP contribution in [0.25, 0.3) is 0 Å². The lowest BCUT2D eigenvalue weighted by molar-refractivity contribution is -0.129. The molecule has 1 rings (SSSR count). The molecular formula is C13H26N2O2. The van der Waals surface area contributed by atoms with Crippen molar-refractivity contribution < 1.29 is 9.53 Å². The lowest BCUT2D eigenvalue weighted by Crippen LogP contribution is -2.44. The molecule has 17 heavy (non-hydrogen) atoms. The van der Waals surface area contributed by atoms with Crippen LogP contribution in [0.4, 0.5) is 0 Å². The standard InChI is InChI=1S/C13H26N2O2/c1-11(2)17-10-4-7-14-13-5-8-15(9-6-13)12(3)16/h11,13-14H,4-10H2,1-3H3. The van der Waals surface area contributed by atoms with Crippen molar-refractivity contribution in [3.63, 3.8) is 0 Å². The maximum Gasteiger partial charge on any atom is 0.219 e. The molecule has 0 aliphatic carbocycles. The largest absolute Gasteiger partial charge is 0.379 e. The Morgan fingerprint density at radius 2 is 2.06 bits per heavy atom. The van der Waals surface area contributed by atoms with Crippen LogP contribution in [0.3, 0.4) is 0 Å². The third-order valence-corrected chi connectivity index (χ3v) is 3.15. The summed E-state index contributed by atoms with van der Waals surface area (Å²) in [6.45, 7) is 9.41. The molecule has 1 aliphatic rings. The molecular weight excluding hydrogens is 216 g/mol. The second kappa shape index (κ2) is 7.67. The third kappa shape index (κ3) is 6.03. The molecule has 0 saturated carbocycles. The van der Waals surface area contributed by atoms with E-state index in [-0.39, 0.29) is 5.91 Å². The van der Waals surface area contributed by atoms with Crippen LogP contribution >= 0.6 is 0 Å². The molecule has 1 saturated heterocycles. The first kappa shape index (κ1) is 14.5. The van der Waals surface area contributed by atoms with Gasteiger partial charge in [0.05, 0.1) is 6.10 Å².